The second kappa shape index (κ2) is 5.75. The molecule has 0 bridgehead atoms. The third-order valence-electron chi connectivity index (χ3n) is 3.64. The number of rotatable bonds is 3. The molecule has 0 aromatic heterocycles. The first-order valence-corrected chi connectivity index (χ1v) is 7.02. The first kappa shape index (κ1) is 13.3. The van der Waals surface area contributed by atoms with E-state index >= 15 is 0 Å². The van der Waals surface area contributed by atoms with Crippen LogP contribution in [0.5, 0.6) is 5.75 Å². The topological polar surface area (TPSA) is 35.5 Å². The summed E-state index contributed by atoms with van der Waals surface area (Å²) in [5, 5.41) is 11.5. The van der Waals surface area contributed by atoms with Crippen LogP contribution in [0.15, 0.2) is 72.9 Å². The van der Waals surface area contributed by atoms with Crippen molar-refractivity contribution < 1.29 is 5.11 Å². The monoisotopic (exact) mass is 278 g/mol. The molecule has 0 saturated carbocycles. The Morgan fingerprint density at radius 2 is 1.71 bits per heavy atom. The first-order chi connectivity index (χ1) is 10.2. The summed E-state index contributed by atoms with van der Waals surface area (Å²) in [7, 11) is 0. The molecule has 1 heterocycles. The minimum atomic E-state index is 0.225. The zero-order valence-corrected chi connectivity index (χ0v) is 11.9. The SMILES string of the molecule is CC(c1ccccc1)N1C=CC=C(c2ccc(O)cc2)N1. The summed E-state index contributed by atoms with van der Waals surface area (Å²) in [4.78, 5) is 0. The molecule has 0 spiro atoms. The van der Waals surface area contributed by atoms with Crippen molar-refractivity contribution >= 4 is 5.70 Å². The Balaban J connectivity index is 1.78. The largest absolute Gasteiger partial charge is 0.508 e. The van der Waals surface area contributed by atoms with Crippen LogP contribution in [0, 0.1) is 0 Å². The van der Waals surface area contributed by atoms with Gasteiger partial charge in [-0.1, -0.05) is 30.3 Å². The first-order valence-electron chi connectivity index (χ1n) is 7.02. The highest BCUT2D eigenvalue weighted by molar-refractivity contribution is 5.66. The molecule has 1 aliphatic rings. The van der Waals surface area contributed by atoms with Crippen molar-refractivity contribution in [1.82, 2.24) is 10.4 Å². The van der Waals surface area contributed by atoms with Gasteiger partial charge in [0, 0.05) is 6.20 Å². The molecule has 0 amide bonds. The average Bonchev–Trinajstić information content (AvgIpc) is 2.56. The maximum Gasteiger partial charge on any atom is 0.115 e. The van der Waals surface area contributed by atoms with Gasteiger partial charge in [-0.2, -0.15) is 0 Å². The molecular weight excluding hydrogens is 260 g/mol. The molecular formula is C18H18N2O. The number of hydrazine groups is 1. The molecule has 0 radical (unpaired) electrons. The zero-order chi connectivity index (χ0) is 14.7. The summed E-state index contributed by atoms with van der Waals surface area (Å²) in [6, 6.07) is 17.8. The highest BCUT2D eigenvalue weighted by atomic mass is 16.3. The minimum absolute atomic E-state index is 0.225. The Bertz CT molecular complexity index is 659. The van der Waals surface area contributed by atoms with Gasteiger partial charge in [-0.25, -0.2) is 0 Å². The Labute approximate surface area is 124 Å². The van der Waals surface area contributed by atoms with E-state index in [0.29, 0.717) is 0 Å². The number of nitrogens with one attached hydrogen (secondary N) is 1. The number of nitrogens with zero attached hydrogens (tertiary/aromatic N) is 1. The molecule has 0 saturated heterocycles. The lowest BCUT2D eigenvalue weighted by molar-refractivity contribution is 0.249. The zero-order valence-electron chi connectivity index (χ0n) is 11.9. The summed E-state index contributed by atoms with van der Waals surface area (Å²) >= 11 is 0. The summed E-state index contributed by atoms with van der Waals surface area (Å²) in [5.74, 6) is 0.278. The number of hydrogen-bond donors (Lipinski definition) is 2. The van der Waals surface area contributed by atoms with Crippen LogP contribution < -0.4 is 5.43 Å². The highest BCUT2D eigenvalue weighted by Crippen LogP contribution is 2.24. The van der Waals surface area contributed by atoms with Gasteiger partial charge in [0.2, 0.25) is 0 Å². The van der Waals surface area contributed by atoms with E-state index in [-0.39, 0.29) is 11.8 Å². The standard InChI is InChI=1S/C18H18N2O/c1-14(15-6-3-2-4-7-15)20-13-5-8-18(19-20)16-9-11-17(21)12-10-16/h2-14,19,21H,1H3. The van der Waals surface area contributed by atoms with Gasteiger partial charge in [0.05, 0.1) is 11.7 Å². The van der Waals surface area contributed by atoms with Crippen molar-refractivity contribution in [2.75, 3.05) is 0 Å². The van der Waals surface area contributed by atoms with E-state index in [4.69, 9.17) is 0 Å². The Hall–Kier alpha value is -2.68. The number of aromatic hydroxyl groups is 1. The second-order valence-electron chi connectivity index (χ2n) is 5.07. The van der Waals surface area contributed by atoms with E-state index in [1.54, 1.807) is 12.1 Å². The van der Waals surface area contributed by atoms with Crippen molar-refractivity contribution in [1.29, 1.82) is 0 Å². The lowest BCUT2D eigenvalue weighted by atomic mass is 10.1. The molecule has 3 heteroatoms. The van der Waals surface area contributed by atoms with Crippen molar-refractivity contribution in [3.05, 3.63) is 84.1 Å². The maximum absolute atomic E-state index is 9.38. The fourth-order valence-corrected chi connectivity index (χ4v) is 2.37. The van der Waals surface area contributed by atoms with Gasteiger partial charge in [0.1, 0.15) is 5.75 Å². The van der Waals surface area contributed by atoms with Crippen molar-refractivity contribution in [2.24, 2.45) is 0 Å². The average molecular weight is 278 g/mol. The van der Waals surface area contributed by atoms with Gasteiger partial charge in [-0.05, 0) is 54.5 Å². The summed E-state index contributed by atoms with van der Waals surface area (Å²) in [6.07, 6.45) is 6.08. The Morgan fingerprint density at radius 1 is 1.00 bits per heavy atom. The summed E-state index contributed by atoms with van der Waals surface area (Å²) < 4.78 is 0. The van der Waals surface area contributed by atoms with Crippen LogP contribution in [0.4, 0.5) is 0 Å². The number of phenols is 1. The smallest absolute Gasteiger partial charge is 0.115 e. The number of benzene rings is 2. The van der Waals surface area contributed by atoms with Crippen LogP contribution in [0.1, 0.15) is 24.1 Å². The van der Waals surface area contributed by atoms with Gasteiger partial charge in [-0.15, -0.1) is 0 Å². The molecule has 2 aromatic carbocycles. The molecule has 3 rings (SSSR count). The molecule has 106 valence electrons. The lowest BCUT2D eigenvalue weighted by Crippen LogP contribution is -2.35. The molecule has 0 aliphatic carbocycles. The van der Waals surface area contributed by atoms with Gasteiger partial charge in [0.25, 0.3) is 0 Å². The molecule has 1 aliphatic heterocycles. The van der Waals surface area contributed by atoms with Crippen LogP contribution >= 0.6 is 0 Å². The van der Waals surface area contributed by atoms with Crippen LogP contribution in [-0.4, -0.2) is 10.1 Å². The third kappa shape index (κ3) is 2.92. The van der Waals surface area contributed by atoms with E-state index in [2.05, 4.69) is 41.6 Å². The number of hydrogen-bond acceptors (Lipinski definition) is 3. The van der Waals surface area contributed by atoms with Crippen molar-refractivity contribution in [3.63, 3.8) is 0 Å². The van der Waals surface area contributed by atoms with Gasteiger partial charge < -0.3 is 5.11 Å². The number of allylic oxidation sites excluding steroid dienone is 2. The fraction of sp³-hybridized carbons (Fsp3) is 0.111. The normalized spacial score (nSPS) is 15.3. The Morgan fingerprint density at radius 3 is 2.43 bits per heavy atom. The van der Waals surface area contributed by atoms with Crippen molar-refractivity contribution in [2.45, 2.75) is 13.0 Å². The van der Waals surface area contributed by atoms with E-state index < -0.39 is 0 Å². The predicted octanol–water partition coefficient (Wildman–Crippen LogP) is 3.83. The molecule has 3 nitrogen and oxygen atoms in total. The van der Waals surface area contributed by atoms with Crippen LogP contribution in [0.2, 0.25) is 0 Å². The Kier molecular flexibility index (Phi) is 3.65. The molecule has 2 aromatic rings. The van der Waals surface area contributed by atoms with Gasteiger partial charge in [-0.3, -0.25) is 10.4 Å². The predicted molar refractivity (Wildman–Crippen MR) is 85.1 cm³/mol. The quantitative estimate of drug-likeness (QED) is 0.895. The van der Waals surface area contributed by atoms with E-state index in [0.717, 1.165) is 11.3 Å². The minimum Gasteiger partial charge on any atom is -0.508 e. The third-order valence-corrected chi connectivity index (χ3v) is 3.64. The maximum atomic E-state index is 9.38. The second-order valence-corrected chi connectivity index (χ2v) is 5.07. The lowest BCUT2D eigenvalue weighted by Gasteiger charge is -2.32. The summed E-state index contributed by atoms with van der Waals surface area (Å²) in [6.45, 7) is 2.16. The van der Waals surface area contributed by atoms with Crippen LogP contribution in [0.3, 0.4) is 0 Å². The molecule has 1 unspecified atom stereocenters. The van der Waals surface area contributed by atoms with Gasteiger partial charge >= 0.3 is 0 Å². The van der Waals surface area contributed by atoms with E-state index in [1.807, 2.05) is 36.6 Å². The number of phenolic OH excluding ortho intramolecular Hbond substituents is 1. The molecule has 21 heavy (non-hydrogen) atoms. The van der Waals surface area contributed by atoms with Crippen LogP contribution in [0.25, 0.3) is 5.70 Å². The summed E-state index contributed by atoms with van der Waals surface area (Å²) in [5.41, 5.74) is 6.72. The fourth-order valence-electron chi connectivity index (χ4n) is 2.37. The van der Waals surface area contributed by atoms with E-state index in [1.165, 1.54) is 5.56 Å². The molecule has 0 fully saturated rings. The van der Waals surface area contributed by atoms with Crippen molar-refractivity contribution in [3.8, 4) is 5.75 Å². The molecule has 2 N–H and O–H groups in total. The van der Waals surface area contributed by atoms with E-state index in [9.17, 15) is 5.11 Å². The highest BCUT2D eigenvalue weighted by Gasteiger charge is 2.15. The van der Waals surface area contributed by atoms with Crippen LogP contribution in [-0.2, 0) is 0 Å². The van der Waals surface area contributed by atoms with Gasteiger partial charge in [0.15, 0.2) is 0 Å². The molecule has 1 atom stereocenters.